The van der Waals surface area contributed by atoms with Crippen LogP contribution in [0.25, 0.3) is 0 Å². The second-order valence-corrected chi connectivity index (χ2v) is 4.67. The van der Waals surface area contributed by atoms with E-state index >= 15 is 0 Å². The van der Waals surface area contributed by atoms with Gasteiger partial charge in [0, 0.05) is 17.8 Å². The maximum atomic E-state index is 13.5. The highest BCUT2D eigenvalue weighted by atomic mass is 79.9. The summed E-state index contributed by atoms with van der Waals surface area (Å²) >= 11 is 8.17. The zero-order valence-corrected chi connectivity index (χ0v) is 11.7. The van der Waals surface area contributed by atoms with Crippen molar-refractivity contribution >= 4 is 44.8 Å². The van der Waals surface area contributed by atoms with Gasteiger partial charge in [-0.3, -0.25) is 4.79 Å². The molecule has 3 nitrogen and oxygen atoms in total. The van der Waals surface area contributed by atoms with Crippen molar-refractivity contribution in [3.63, 3.8) is 0 Å². The molecular formula is C11H11BrFNO2S. The van der Waals surface area contributed by atoms with Gasteiger partial charge < -0.3 is 10.1 Å². The zero-order chi connectivity index (χ0) is 13.0. The highest BCUT2D eigenvalue weighted by Crippen LogP contribution is 2.25. The third-order valence-electron chi connectivity index (χ3n) is 2.01. The molecule has 1 aromatic carbocycles. The molecule has 1 aromatic rings. The van der Waals surface area contributed by atoms with Crippen LogP contribution in [-0.4, -0.2) is 18.1 Å². The lowest BCUT2D eigenvalue weighted by atomic mass is 10.1. The average molecular weight is 320 g/mol. The predicted octanol–water partition coefficient (Wildman–Crippen LogP) is 3.06. The summed E-state index contributed by atoms with van der Waals surface area (Å²) in [7, 11) is 1.48. The van der Waals surface area contributed by atoms with Gasteiger partial charge in [0.25, 0.3) is 0 Å². The van der Waals surface area contributed by atoms with E-state index in [0.717, 1.165) is 5.56 Å². The molecule has 0 unspecified atom stereocenters. The fourth-order valence-corrected chi connectivity index (χ4v) is 1.85. The van der Waals surface area contributed by atoms with Crippen molar-refractivity contribution in [1.82, 2.24) is 0 Å². The van der Waals surface area contributed by atoms with Gasteiger partial charge in [0.15, 0.2) is 5.05 Å². The fourth-order valence-electron chi connectivity index (χ4n) is 1.24. The summed E-state index contributed by atoms with van der Waals surface area (Å²) in [5.41, 5.74) is 0.886. The Balaban J connectivity index is 3.05. The molecule has 92 valence electrons. The van der Waals surface area contributed by atoms with Gasteiger partial charge in [0.1, 0.15) is 5.82 Å². The Morgan fingerprint density at radius 2 is 2.24 bits per heavy atom. The SMILES string of the molecule is COC(=S)Cc1cc(NC(C)=O)c(F)cc1Br. The standard InChI is InChI=1S/C11H11BrFNO2S/c1-6(15)14-10-3-7(4-11(17)16-2)8(12)5-9(10)13/h3,5H,4H2,1-2H3,(H,14,15). The molecular weight excluding hydrogens is 309 g/mol. The first-order valence-electron chi connectivity index (χ1n) is 4.76. The van der Waals surface area contributed by atoms with Crippen LogP contribution in [0.15, 0.2) is 16.6 Å². The van der Waals surface area contributed by atoms with Gasteiger partial charge in [-0.15, -0.1) is 0 Å². The maximum absolute atomic E-state index is 13.5. The molecule has 0 radical (unpaired) electrons. The van der Waals surface area contributed by atoms with Crippen molar-refractivity contribution < 1.29 is 13.9 Å². The number of methoxy groups -OCH3 is 1. The Bertz CT molecular complexity index is 465. The summed E-state index contributed by atoms with van der Waals surface area (Å²) in [6, 6.07) is 2.82. The number of hydrogen-bond acceptors (Lipinski definition) is 3. The van der Waals surface area contributed by atoms with Crippen molar-refractivity contribution in [2.24, 2.45) is 0 Å². The number of benzene rings is 1. The Morgan fingerprint density at radius 1 is 1.59 bits per heavy atom. The minimum absolute atomic E-state index is 0.134. The zero-order valence-electron chi connectivity index (χ0n) is 9.34. The number of carbonyl (C=O) groups excluding carboxylic acids is 1. The summed E-state index contributed by atoms with van der Waals surface area (Å²) < 4.78 is 19.0. The minimum Gasteiger partial charge on any atom is -0.490 e. The molecule has 1 N–H and O–H groups in total. The first-order valence-corrected chi connectivity index (χ1v) is 5.96. The molecule has 0 saturated heterocycles. The van der Waals surface area contributed by atoms with Crippen LogP contribution in [0.1, 0.15) is 12.5 Å². The molecule has 0 atom stereocenters. The molecule has 6 heteroatoms. The highest BCUT2D eigenvalue weighted by molar-refractivity contribution is 9.10. The van der Waals surface area contributed by atoms with Crippen molar-refractivity contribution in [2.45, 2.75) is 13.3 Å². The van der Waals surface area contributed by atoms with E-state index in [2.05, 4.69) is 21.2 Å². The van der Waals surface area contributed by atoms with Crippen molar-refractivity contribution in [2.75, 3.05) is 12.4 Å². The number of rotatable bonds is 3. The third kappa shape index (κ3) is 4.05. The fraction of sp³-hybridized carbons (Fsp3) is 0.273. The molecule has 0 aliphatic heterocycles. The molecule has 0 aromatic heterocycles. The molecule has 0 aliphatic rings. The number of thiocarbonyl (C=S) groups is 1. The number of halogens is 2. The van der Waals surface area contributed by atoms with Gasteiger partial charge in [-0.2, -0.15) is 0 Å². The molecule has 0 aliphatic carbocycles. The van der Waals surface area contributed by atoms with E-state index in [1.807, 2.05) is 0 Å². The Hall–Kier alpha value is -1.01. The van der Waals surface area contributed by atoms with Crippen LogP contribution >= 0.6 is 28.1 Å². The van der Waals surface area contributed by atoms with Crippen LogP contribution in [0.4, 0.5) is 10.1 Å². The third-order valence-corrected chi connectivity index (χ3v) is 3.06. The number of amides is 1. The van der Waals surface area contributed by atoms with Crippen LogP contribution in [-0.2, 0) is 16.0 Å². The Morgan fingerprint density at radius 3 is 2.76 bits per heavy atom. The van der Waals surface area contributed by atoms with Crippen LogP contribution in [0.2, 0.25) is 0 Å². The first-order chi connectivity index (χ1) is 7.93. The maximum Gasteiger partial charge on any atom is 0.221 e. The smallest absolute Gasteiger partial charge is 0.221 e. The summed E-state index contributed by atoms with van der Waals surface area (Å²) in [6.07, 6.45) is 0.374. The molecule has 1 amide bonds. The summed E-state index contributed by atoms with van der Waals surface area (Å²) in [6.45, 7) is 1.32. The van der Waals surface area contributed by atoms with E-state index in [-0.39, 0.29) is 11.6 Å². The Labute approximate surface area is 112 Å². The lowest BCUT2D eigenvalue weighted by Crippen LogP contribution is -2.09. The van der Waals surface area contributed by atoms with Gasteiger partial charge in [0.2, 0.25) is 5.91 Å². The van der Waals surface area contributed by atoms with E-state index in [0.29, 0.717) is 15.9 Å². The lowest BCUT2D eigenvalue weighted by molar-refractivity contribution is -0.114. The predicted molar refractivity (Wildman–Crippen MR) is 71.7 cm³/mol. The second kappa shape index (κ2) is 6.07. The molecule has 17 heavy (non-hydrogen) atoms. The van der Waals surface area contributed by atoms with Gasteiger partial charge in [0.05, 0.1) is 12.8 Å². The largest absolute Gasteiger partial charge is 0.490 e. The van der Waals surface area contributed by atoms with Crippen molar-refractivity contribution in [3.8, 4) is 0 Å². The van der Waals surface area contributed by atoms with Crippen LogP contribution in [0.3, 0.4) is 0 Å². The van der Waals surface area contributed by atoms with E-state index in [1.165, 1.54) is 26.2 Å². The van der Waals surface area contributed by atoms with E-state index in [1.54, 1.807) is 0 Å². The number of hydrogen-bond donors (Lipinski definition) is 1. The normalized spacial score (nSPS) is 9.88. The summed E-state index contributed by atoms with van der Waals surface area (Å²) in [4.78, 5) is 10.9. The lowest BCUT2D eigenvalue weighted by Gasteiger charge is -2.10. The summed E-state index contributed by atoms with van der Waals surface area (Å²) in [5, 5.41) is 2.81. The molecule has 0 heterocycles. The molecule has 0 saturated carbocycles. The van der Waals surface area contributed by atoms with Gasteiger partial charge >= 0.3 is 0 Å². The molecule has 0 bridgehead atoms. The second-order valence-electron chi connectivity index (χ2n) is 3.36. The highest BCUT2D eigenvalue weighted by Gasteiger charge is 2.11. The van der Waals surface area contributed by atoms with Crippen molar-refractivity contribution in [3.05, 3.63) is 28.0 Å². The first kappa shape index (κ1) is 14.1. The van der Waals surface area contributed by atoms with Gasteiger partial charge in [-0.05, 0) is 29.9 Å². The summed E-state index contributed by atoms with van der Waals surface area (Å²) in [5.74, 6) is -0.828. The van der Waals surface area contributed by atoms with Gasteiger partial charge in [-0.1, -0.05) is 15.9 Å². The topological polar surface area (TPSA) is 38.3 Å². The molecule has 0 spiro atoms. The van der Waals surface area contributed by atoms with E-state index in [4.69, 9.17) is 17.0 Å². The van der Waals surface area contributed by atoms with Crippen LogP contribution in [0, 0.1) is 5.82 Å². The number of anilines is 1. The molecule has 0 fully saturated rings. The Kier molecular flexibility index (Phi) is 5.02. The van der Waals surface area contributed by atoms with Crippen LogP contribution < -0.4 is 5.32 Å². The monoisotopic (exact) mass is 319 g/mol. The average Bonchev–Trinajstić information content (AvgIpc) is 2.24. The van der Waals surface area contributed by atoms with Gasteiger partial charge in [-0.25, -0.2) is 4.39 Å². The number of ether oxygens (including phenoxy) is 1. The quantitative estimate of drug-likeness (QED) is 0.870. The molecule has 1 rings (SSSR count). The number of nitrogens with one attached hydrogen (secondary N) is 1. The van der Waals surface area contributed by atoms with E-state index in [9.17, 15) is 9.18 Å². The minimum atomic E-state index is -0.501. The van der Waals surface area contributed by atoms with Crippen LogP contribution in [0.5, 0.6) is 0 Å². The number of carbonyl (C=O) groups is 1. The van der Waals surface area contributed by atoms with E-state index < -0.39 is 5.82 Å². The van der Waals surface area contributed by atoms with Crippen molar-refractivity contribution in [1.29, 1.82) is 0 Å².